The number of carbonyl (C=O) groups excluding carboxylic acids is 2. The van der Waals surface area contributed by atoms with Gasteiger partial charge in [-0.25, -0.2) is 4.79 Å². The van der Waals surface area contributed by atoms with Crippen LogP contribution in [0.15, 0.2) is 9.64 Å². The number of hydrogen-bond acceptors (Lipinski definition) is 8. The van der Waals surface area contributed by atoms with Gasteiger partial charge in [0, 0.05) is 6.54 Å². The van der Waals surface area contributed by atoms with Crippen LogP contribution in [0.4, 0.5) is 0 Å². The highest BCUT2D eigenvalue weighted by Crippen LogP contribution is 2.15. The van der Waals surface area contributed by atoms with E-state index in [2.05, 4.69) is 20.3 Å². The largest absolute Gasteiger partial charge is 0.459 e. The van der Waals surface area contributed by atoms with Gasteiger partial charge in [0.2, 0.25) is 5.91 Å². The molecule has 0 bridgehead atoms. The fourth-order valence-electron chi connectivity index (χ4n) is 0.980. The van der Waals surface area contributed by atoms with Crippen LogP contribution in [-0.2, 0) is 9.53 Å². The topological polar surface area (TPSA) is 118 Å². The third-order valence-corrected chi connectivity index (χ3v) is 2.56. The average molecular weight is 284 g/mol. The molecule has 0 spiro atoms. The van der Waals surface area contributed by atoms with Crippen molar-refractivity contribution in [3.63, 3.8) is 0 Å². The second-order valence-electron chi connectivity index (χ2n) is 3.14. The predicted octanol–water partition coefficient (Wildman–Crippen LogP) is 0.368. The van der Waals surface area contributed by atoms with Gasteiger partial charge in [-0.15, -0.1) is 5.10 Å². The first kappa shape index (κ1) is 15.0. The third kappa shape index (κ3) is 5.39. The molecule has 0 atom stereocenters. The van der Waals surface area contributed by atoms with Gasteiger partial charge >= 0.3 is 11.9 Å². The molecular weight excluding hydrogens is 272 g/mol. The number of nitriles is 1. The Hall–Kier alpha value is -2.08. The lowest BCUT2D eigenvalue weighted by atomic mass is 10.4. The molecule has 0 aromatic carbocycles. The summed E-state index contributed by atoms with van der Waals surface area (Å²) in [5.41, 5.74) is 0. The van der Waals surface area contributed by atoms with E-state index in [1.807, 2.05) is 6.07 Å². The maximum absolute atomic E-state index is 11.3. The Bertz CT molecular complexity index is 482. The monoisotopic (exact) mass is 284 g/mol. The Balaban J connectivity index is 2.36. The van der Waals surface area contributed by atoms with Crippen molar-refractivity contribution < 1.29 is 18.7 Å². The zero-order valence-corrected chi connectivity index (χ0v) is 11.0. The molecule has 0 fully saturated rings. The smallest absolute Gasteiger partial charge is 0.396 e. The summed E-state index contributed by atoms with van der Waals surface area (Å²) in [5.74, 6) is -1.12. The van der Waals surface area contributed by atoms with Crippen molar-refractivity contribution in [1.29, 1.82) is 5.26 Å². The van der Waals surface area contributed by atoms with E-state index in [0.717, 1.165) is 11.8 Å². The van der Waals surface area contributed by atoms with Crippen LogP contribution in [0.1, 0.15) is 24.0 Å². The van der Waals surface area contributed by atoms with E-state index in [4.69, 9.17) is 9.68 Å². The molecule has 1 amide bonds. The molecular formula is C10H12N4O4S. The molecule has 0 saturated carbocycles. The van der Waals surface area contributed by atoms with Crippen molar-refractivity contribution in [3.05, 3.63) is 5.89 Å². The first-order valence-electron chi connectivity index (χ1n) is 5.44. The first-order valence-corrected chi connectivity index (χ1v) is 6.43. The second kappa shape index (κ2) is 8.10. The number of ether oxygens (including phenoxy) is 1. The summed E-state index contributed by atoms with van der Waals surface area (Å²) in [4.78, 5) is 22.5. The number of aromatic nitrogens is 2. The molecule has 8 nitrogen and oxygen atoms in total. The zero-order valence-electron chi connectivity index (χ0n) is 10.2. The van der Waals surface area contributed by atoms with Crippen LogP contribution in [0.2, 0.25) is 0 Å². The molecule has 0 aliphatic rings. The lowest BCUT2D eigenvalue weighted by molar-refractivity contribution is -0.118. The molecule has 0 radical (unpaired) electrons. The molecule has 0 aliphatic heterocycles. The maximum atomic E-state index is 11.3. The summed E-state index contributed by atoms with van der Waals surface area (Å²) >= 11 is 1.000. The summed E-state index contributed by atoms with van der Waals surface area (Å²) < 4.78 is 9.69. The number of thioether (sulfide) groups is 1. The fraction of sp³-hybridized carbons (Fsp3) is 0.500. The van der Waals surface area contributed by atoms with Crippen LogP contribution in [0, 0.1) is 11.3 Å². The van der Waals surface area contributed by atoms with Crippen LogP contribution >= 0.6 is 11.8 Å². The SMILES string of the molecule is CCOC(=O)c1nnc(SCC(=O)NCCC#N)o1. The van der Waals surface area contributed by atoms with Crippen LogP contribution in [-0.4, -0.2) is 41.0 Å². The summed E-state index contributed by atoms with van der Waals surface area (Å²) in [6.07, 6.45) is 0.254. The van der Waals surface area contributed by atoms with Gasteiger partial charge in [0.1, 0.15) is 0 Å². The third-order valence-electron chi connectivity index (χ3n) is 1.74. The molecule has 1 aromatic rings. The van der Waals surface area contributed by atoms with Crippen molar-refractivity contribution in [2.24, 2.45) is 0 Å². The van der Waals surface area contributed by atoms with Gasteiger partial charge in [-0.3, -0.25) is 4.79 Å². The molecule has 0 aliphatic carbocycles. The summed E-state index contributed by atoms with van der Waals surface area (Å²) in [6, 6.07) is 1.91. The van der Waals surface area contributed by atoms with Crippen LogP contribution < -0.4 is 5.32 Å². The molecule has 1 N–H and O–H groups in total. The van der Waals surface area contributed by atoms with Crippen molar-refractivity contribution in [2.75, 3.05) is 18.9 Å². The van der Waals surface area contributed by atoms with Crippen molar-refractivity contribution in [3.8, 4) is 6.07 Å². The van der Waals surface area contributed by atoms with Gasteiger partial charge in [0.15, 0.2) is 0 Å². The Morgan fingerprint density at radius 3 is 3.00 bits per heavy atom. The average Bonchev–Trinajstić information content (AvgIpc) is 2.86. The van der Waals surface area contributed by atoms with Gasteiger partial charge in [-0.2, -0.15) is 5.26 Å². The molecule has 1 aromatic heterocycles. The number of rotatable bonds is 7. The predicted molar refractivity (Wildman–Crippen MR) is 64.2 cm³/mol. The van der Waals surface area contributed by atoms with Gasteiger partial charge in [-0.05, 0) is 6.92 Å². The second-order valence-corrected chi connectivity index (χ2v) is 4.07. The van der Waals surface area contributed by atoms with Crippen LogP contribution in [0.3, 0.4) is 0 Å². The Morgan fingerprint density at radius 1 is 1.53 bits per heavy atom. The van der Waals surface area contributed by atoms with Crippen molar-refractivity contribution >= 4 is 23.6 Å². The van der Waals surface area contributed by atoms with E-state index in [-0.39, 0.29) is 35.8 Å². The highest BCUT2D eigenvalue weighted by atomic mass is 32.2. The quantitative estimate of drug-likeness (QED) is 0.433. The molecule has 0 unspecified atom stereocenters. The minimum atomic E-state index is -0.694. The number of esters is 1. The van der Waals surface area contributed by atoms with Crippen LogP contribution in [0.5, 0.6) is 0 Å². The van der Waals surface area contributed by atoms with Gasteiger partial charge in [0.05, 0.1) is 24.8 Å². The Labute approximate surface area is 113 Å². The van der Waals surface area contributed by atoms with E-state index in [1.54, 1.807) is 6.92 Å². The Kier molecular flexibility index (Phi) is 6.38. The number of amides is 1. The molecule has 102 valence electrons. The molecule has 0 saturated heterocycles. The normalized spacial score (nSPS) is 9.68. The van der Waals surface area contributed by atoms with Crippen LogP contribution in [0.25, 0.3) is 0 Å². The van der Waals surface area contributed by atoms with E-state index < -0.39 is 5.97 Å². The van der Waals surface area contributed by atoms with Crippen molar-refractivity contribution in [1.82, 2.24) is 15.5 Å². The number of hydrogen-bond donors (Lipinski definition) is 1. The number of nitrogens with one attached hydrogen (secondary N) is 1. The molecule has 9 heteroatoms. The lowest BCUT2D eigenvalue weighted by Crippen LogP contribution is -2.25. The molecule has 1 rings (SSSR count). The zero-order chi connectivity index (χ0) is 14.1. The molecule has 19 heavy (non-hydrogen) atoms. The first-order chi connectivity index (χ1) is 9.17. The standard InChI is InChI=1S/C10H12N4O4S/c1-2-17-9(16)8-13-14-10(18-8)19-6-7(15)12-5-3-4-11/h2-3,5-6H2,1H3,(H,12,15). The van der Waals surface area contributed by atoms with E-state index in [9.17, 15) is 9.59 Å². The maximum Gasteiger partial charge on any atom is 0.396 e. The summed E-state index contributed by atoms with van der Waals surface area (Å²) in [6.45, 7) is 2.17. The molecule has 1 heterocycles. The van der Waals surface area contributed by atoms with E-state index in [1.165, 1.54) is 0 Å². The van der Waals surface area contributed by atoms with Gasteiger partial charge < -0.3 is 14.5 Å². The number of carbonyl (C=O) groups is 2. The van der Waals surface area contributed by atoms with Gasteiger partial charge in [0.25, 0.3) is 5.22 Å². The Morgan fingerprint density at radius 2 is 2.32 bits per heavy atom. The number of nitrogens with zero attached hydrogens (tertiary/aromatic N) is 3. The van der Waals surface area contributed by atoms with Crippen molar-refractivity contribution in [2.45, 2.75) is 18.6 Å². The highest BCUT2D eigenvalue weighted by Gasteiger charge is 2.16. The lowest BCUT2D eigenvalue weighted by Gasteiger charge is -1.99. The highest BCUT2D eigenvalue weighted by molar-refractivity contribution is 7.99. The minimum absolute atomic E-state index is 0.0654. The summed E-state index contributed by atoms with van der Waals surface area (Å²) in [7, 11) is 0. The fourth-order valence-corrected chi connectivity index (χ4v) is 1.57. The van der Waals surface area contributed by atoms with Gasteiger partial charge in [-0.1, -0.05) is 16.9 Å². The van der Waals surface area contributed by atoms with E-state index in [0.29, 0.717) is 6.54 Å². The summed E-state index contributed by atoms with van der Waals surface area (Å²) in [5, 5.41) is 18.1. The minimum Gasteiger partial charge on any atom is -0.459 e. The van der Waals surface area contributed by atoms with E-state index >= 15 is 0 Å².